The molecule has 13 nitrogen and oxygen atoms in total. The Morgan fingerprint density at radius 2 is 2.18 bits per heavy atom. The average molecular weight is 632 g/mol. The number of hydrogen-bond donors (Lipinski definition) is 5. The van der Waals surface area contributed by atoms with Gasteiger partial charge in [-0.15, -0.1) is 16.7 Å². The van der Waals surface area contributed by atoms with Gasteiger partial charge in [0, 0.05) is 45.5 Å². The van der Waals surface area contributed by atoms with E-state index in [-0.39, 0.29) is 39.3 Å². The molecule has 208 valence electrons. The second-order valence-electron chi connectivity index (χ2n) is 8.24. The van der Waals surface area contributed by atoms with E-state index in [0.717, 1.165) is 26.7 Å². The van der Waals surface area contributed by atoms with Gasteiger partial charge >= 0.3 is 5.97 Å². The molecule has 2 amide bonds. The van der Waals surface area contributed by atoms with Crippen molar-refractivity contribution in [3.63, 3.8) is 0 Å². The number of carboxylic acids is 1. The molecule has 18 heteroatoms. The number of aromatic nitrogens is 2. The van der Waals surface area contributed by atoms with Crippen molar-refractivity contribution in [1.29, 1.82) is 0 Å². The number of carbonyl (C=O) groups is 3. The van der Waals surface area contributed by atoms with Crippen molar-refractivity contribution in [2.45, 2.75) is 34.1 Å². The average Bonchev–Trinajstić information content (AvgIpc) is 3.25. The lowest BCUT2D eigenvalue weighted by Gasteiger charge is -2.49. The molecule has 1 fully saturated rings. The number of aliphatic hydroxyl groups excluding tert-OH is 1. The summed E-state index contributed by atoms with van der Waals surface area (Å²) in [5.74, 6) is -1.45. The Morgan fingerprint density at radius 3 is 2.82 bits per heavy atom. The van der Waals surface area contributed by atoms with Crippen LogP contribution in [0.3, 0.4) is 0 Å². The van der Waals surface area contributed by atoms with E-state index in [1.807, 2.05) is 0 Å². The standard InChI is InChI=1S/C21H22ClN7O6S4/c22-16-12(27-21(24)39-16)13(28-35)17(31)26-14-18(32)29-15(20(33)34)11(7-37-19(14)29)38-10-1-2-25-3-8(10)5-36-6-9(23)4-30/h1-3,9,13-14,19,30H,4-7,23H2,(H2,24,27)(H,26,31)(H,33,34)/t9-,13?,14-,19+/m1/s1. The van der Waals surface area contributed by atoms with Crippen molar-refractivity contribution in [2.75, 3.05) is 23.8 Å². The van der Waals surface area contributed by atoms with Gasteiger partial charge in [0.2, 0.25) is 6.04 Å². The molecule has 2 aliphatic rings. The summed E-state index contributed by atoms with van der Waals surface area (Å²) in [5, 5.41) is 23.8. The number of fused-ring (bicyclic) bond motifs is 1. The number of pyridine rings is 1. The Kier molecular flexibility index (Phi) is 9.73. The number of anilines is 1. The minimum Gasteiger partial charge on any atom is -0.477 e. The zero-order valence-corrected chi connectivity index (χ0v) is 23.9. The number of nitrogens with one attached hydrogen (secondary N) is 1. The van der Waals surface area contributed by atoms with Gasteiger partial charge in [-0.05, 0) is 16.8 Å². The van der Waals surface area contributed by atoms with Crippen LogP contribution in [-0.4, -0.2) is 78.4 Å². The number of nitrogens with two attached hydrogens (primary N) is 2. The molecule has 1 saturated heterocycles. The largest absolute Gasteiger partial charge is 0.477 e. The Bertz CT molecular complexity index is 1330. The van der Waals surface area contributed by atoms with Crippen molar-refractivity contribution in [3.8, 4) is 0 Å². The predicted molar refractivity (Wildman–Crippen MR) is 151 cm³/mol. The highest BCUT2D eigenvalue weighted by Gasteiger charge is 2.55. The Balaban J connectivity index is 1.49. The molecule has 0 radical (unpaired) electrons. The molecule has 7 N–H and O–H groups in total. The van der Waals surface area contributed by atoms with Gasteiger partial charge in [0.25, 0.3) is 11.8 Å². The fraction of sp³-hybridized carbons (Fsp3) is 0.381. The fourth-order valence-corrected chi connectivity index (χ4v) is 8.36. The number of carboxylic acid groups (broad SMARTS) is 1. The lowest BCUT2D eigenvalue weighted by molar-refractivity contribution is -0.150. The summed E-state index contributed by atoms with van der Waals surface area (Å²) in [7, 11) is 0. The van der Waals surface area contributed by atoms with Crippen molar-refractivity contribution < 1.29 is 24.6 Å². The SMILES string of the molecule is Nc1nc(C(N=O)C(=O)N[C@@H]2C(=O)N3C(C(=O)O)=C(Sc4ccncc4CSC[C@H](N)CO)CS[C@@H]23)c(Cl)s1. The molecule has 2 aliphatic heterocycles. The van der Waals surface area contributed by atoms with Crippen molar-refractivity contribution >= 4 is 81.1 Å². The van der Waals surface area contributed by atoms with Crippen LogP contribution in [0, 0.1) is 4.91 Å². The molecule has 1 unspecified atom stereocenters. The van der Waals surface area contributed by atoms with E-state index < -0.39 is 35.2 Å². The summed E-state index contributed by atoms with van der Waals surface area (Å²) in [4.78, 5) is 59.9. The molecule has 0 aliphatic carbocycles. The number of nitroso groups, excluding NO2 is 1. The second-order valence-corrected chi connectivity index (χ2v) is 13.1. The first-order valence-electron chi connectivity index (χ1n) is 11.2. The number of hydrogen-bond acceptors (Lipinski definition) is 14. The van der Waals surface area contributed by atoms with Crippen molar-refractivity contribution in [2.24, 2.45) is 10.9 Å². The van der Waals surface area contributed by atoms with Gasteiger partial charge in [0.15, 0.2) is 5.13 Å². The molecule has 0 saturated carbocycles. The monoisotopic (exact) mass is 631 g/mol. The van der Waals surface area contributed by atoms with E-state index >= 15 is 0 Å². The van der Waals surface area contributed by atoms with E-state index in [4.69, 9.17) is 28.2 Å². The van der Waals surface area contributed by atoms with Crippen LogP contribution in [0.15, 0.2) is 39.1 Å². The third-order valence-electron chi connectivity index (χ3n) is 5.59. The molecule has 0 bridgehead atoms. The quantitative estimate of drug-likeness (QED) is 0.166. The van der Waals surface area contributed by atoms with Gasteiger partial charge in [-0.3, -0.25) is 19.5 Å². The number of carbonyl (C=O) groups excluding carboxylic acids is 2. The van der Waals surface area contributed by atoms with E-state index in [1.54, 1.807) is 18.5 Å². The van der Waals surface area contributed by atoms with Gasteiger partial charge in [-0.25, -0.2) is 9.78 Å². The zero-order valence-electron chi connectivity index (χ0n) is 19.9. The normalized spacial score (nSPS) is 20.2. The fourth-order valence-electron chi connectivity index (χ4n) is 3.75. The Labute approximate surface area is 243 Å². The maximum Gasteiger partial charge on any atom is 0.353 e. The molecule has 0 aromatic carbocycles. The van der Waals surface area contributed by atoms with Gasteiger partial charge in [0.1, 0.15) is 27.1 Å². The highest BCUT2D eigenvalue weighted by Crippen LogP contribution is 2.46. The maximum absolute atomic E-state index is 13.0. The molecule has 2 aromatic rings. The number of β-lactam (4-membered cyclic amide) rings is 1. The van der Waals surface area contributed by atoms with Crippen LogP contribution < -0.4 is 16.8 Å². The topological polar surface area (TPSA) is 214 Å². The van der Waals surface area contributed by atoms with E-state index in [0.29, 0.717) is 16.4 Å². The molecule has 4 atom stereocenters. The molecular formula is C21H22ClN7O6S4. The first kappa shape index (κ1) is 29.6. The third-order valence-corrected chi connectivity index (χ3v) is 10.5. The second kappa shape index (κ2) is 12.8. The molecule has 4 heterocycles. The Hall–Kier alpha value is -2.41. The Morgan fingerprint density at radius 1 is 1.41 bits per heavy atom. The summed E-state index contributed by atoms with van der Waals surface area (Å²) >= 11 is 10.9. The lowest BCUT2D eigenvalue weighted by Crippen LogP contribution is -2.70. The number of thioether (sulfide) groups is 3. The van der Waals surface area contributed by atoms with Crippen molar-refractivity contribution in [3.05, 3.63) is 49.6 Å². The van der Waals surface area contributed by atoms with E-state index in [9.17, 15) is 24.4 Å². The number of nitrogens with zero attached hydrogens (tertiary/aromatic N) is 4. The number of rotatable bonds is 12. The molecular weight excluding hydrogens is 610 g/mol. The number of nitrogen functional groups attached to an aromatic ring is 1. The zero-order chi connectivity index (χ0) is 28.3. The summed E-state index contributed by atoms with van der Waals surface area (Å²) in [5.41, 5.74) is 11.9. The molecule has 39 heavy (non-hydrogen) atoms. The van der Waals surface area contributed by atoms with Gasteiger partial charge in [-0.2, -0.15) is 11.8 Å². The van der Waals surface area contributed by atoms with Crippen molar-refractivity contribution in [1.82, 2.24) is 20.2 Å². The summed E-state index contributed by atoms with van der Waals surface area (Å²) in [6.07, 6.45) is 3.27. The first-order valence-corrected chi connectivity index (χ1v) is 15.4. The first-order chi connectivity index (χ1) is 18.7. The van der Waals surface area contributed by atoms with Crippen LogP contribution in [0.4, 0.5) is 5.13 Å². The number of aliphatic hydroxyl groups is 1. The third kappa shape index (κ3) is 6.34. The summed E-state index contributed by atoms with van der Waals surface area (Å²) < 4.78 is 0.0312. The molecule has 0 spiro atoms. The van der Waals surface area contributed by atoms with Crippen LogP contribution in [-0.2, 0) is 20.1 Å². The number of aliphatic carboxylic acids is 1. The number of amides is 2. The van der Waals surface area contributed by atoms with Crippen LogP contribution in [0.2, 0.25) is 4.34 Å². The highest BCUT2D eigenvalue weighted by atomic mass is 35.5. The lowest BCUT2D eigenvalue weighted by atomic mass is 10.0. The van der Waals surface area contributed by atoms with Crippen LogP contribution in [0.5, 0.6) is 0 Å². The van der Waals surface area contributed by atoms with Crippen LogP contribution in [0.1, 0.15) is 17.3 Å². The number of halogens is 1. The van der Waals surface area contributed by atoms with E-state index in [2.05, 4.69) is 20.5 Å². The molecule has 4 rings (SSSR count). The smallest absolute Gasteiger partial charge is 0.353 e. The van der Waals surface area contributed by atoms with Crippen LogP contribution >= 0.6 is 58.2 Å². The highest BCUT2D eigenvalue weighted by molar-refractivity contribution is 8.06. The van der Waals surface area contributed by atoms with Gasteiger partial charge < -0.3 is 27.0 Å². The minimum absolute atomic E-state index is 0.0312. The van der Waals surface area contributed by atoms with Gasteiger partial charge in [0.05, 0.1) is 6.61 Å². The van der Waals surface area contributed by atoms with Gasteiger partial charge in [-0.1, -0.05) is 34.7 Å². The number of thiazole rings is 1. The van der Waals surface area contributed by atoms with Crippen LogP contribution in [0.25, 0.3) is 0 Å². The summed E-state index contributed by atoms with van der Waals surface area (Å²) in [6, 6.07) is -1.27. The minimum atomic E-state index is -1.61. The van der Waals surface area contributed by atoms with E-state index in [1.165, 1.54) is 35.3 Å². The summed E-state index contributed by atoms with van der Waals surface area (Å²) in [6.45, 7) is -0.125. The maximum atomic E-state index is 13.0. The predicted octanol–water partition coefficient (Wildman–Crippen LogP) is 1.62. The molecule has 2 aromatic heterocycles.